The fraction of sp³-hybridized carbons (Fsp3) is 0.292. The maximum Gasteiger partial charge on any atom is 0.251 e. The van der Waals surface area contributed by atoms with E-state index in [1.165, 1.54) is 10.9 Å². The number of aryl methyl sites for hydroxylation is 1. The van der Waals surface area contributed by atoms with E-state index >= 15 is 0 Å². The Bertz CT molecular complexity index is 1090. The highest BCUT2D eigenvalue weighted by molar-refractivity contribution is 5.99. The van der Waals surface area contributed by atoms with Crippen molar-refractivity contribution in [2.75, 3.05) is 5.32 Å². The number of primary amides is 1. The van der Waals surface area contributed by atoms with Crippen LogP contribution in [0.2, 0.25) is 0 Å². The van der Waals surface area contributed by atoms with E-state index in [0.717, 1.165) is 37.0 Å². The Labute approximate surface area is 188 Å². The predicted octanol–water partition coefficient (Wildman–Crippen LogP) is 4.22. The topological polar surface area (TPSA) is 97.1 Å². The molecule has 0 atom stereocenters. The summed E-state index contributed by atoms with van der Waals surface area (Å²) in [7, 11) is 0. The second-order valence-corrected chi connectivity index (χ2v) is 7.95. The van der Waals surface area contributed by atoms with E-state index in [9.17, 15) is 9.59 Å². The first kappa shape index (κ1) is 22.6. The summed E-state index contributed by atoms with van der Waals surface area (Å²) < 4.78 is 0. The molecule has 1 aromatic heterocycles. The van der Waals surface area contributed by atoms with Crippen molar-refractivity contribution in [2.24, 2.45) is 5.73 Å². The van der Waals surface area contributed by atoms with Gasteiger partial charge in [-0.25, -0.2) is 4.98 Å². The van der Waals surface area contributed by atoms with Gasteiger partial charge in [-0.05, 0) is 68.5 Å². The van der Waals surface area contributed by atoms with Crippen molar-refractivity contribution in [3.63, 3.8) is 0 Å². The molecular weight excluding hydrogens is 412 g/mol. The van der Waals surface area contributed by atoms with Gasteiger partial charge in [-0.3, -0.25) is 9.59 Å². The Balaban J connectivity index is 0.00000272. The van der Waals surface area contributed by atoms with Gasteiger partial charge in [0.05, 0.1) is 5.52 Å². The van der Waals surface area contributed by atoms with Gasteiger partial charge in [-0.15, -0.1) is 12.4 Å². The van der Waals surface area contributed by atoms with Crippen molar-refractivity contribution in [1.82, 2.24) is 10.3 Å². The van der Waals surface area contributed by atoms with Crippen LogP contribution in [-0.4, -0.2) is 28.9 Å². The molecule has 1 fully saturated rings. The number of amides is 2. The van der Waals surface area contributed by atoms with Crippen molar-refractivity contribution in [3.05, 3.63) is 71.3 Å². The van der Waals surface area contributed by atoms with Crippen LogP contribution in [-0.2, 0) is 0 Å². The molecule has 0 bridgehead atoms. The SMILES string of the molecule is Cc1cc(N[C@H]2CC[C@@H](NC(=O)c3cccc(C(N)=O)c3)CC2)nc2ccccc12.Cl. The lowest BCUT2D eigenvalue weighted by molar-refractivity contribution is 0.0926. The third kappa shape index (κ3) is 5.33. The number of aromatic nitrogens is 1. The molecule has 1 heterocycles. The monoisotopic (exact) mass is 438 g/mol. The molecule has 0 spiro atoms. The van der Waals surface area contributed by atoms with Crippen LogP contribution in [0, 0.1) is 6.92 Å². The number of anilines is 1. The quantitative estimate of drug-likeness (QED) is 0.555. The third-order valence-corrected chi connectivity index (χ3v) is 5.75. The summed E-state index contributed by atoms with van der Waals surface area (Å²) in [4.78, 5) is 28.6. The fourth-order valence-electron chi connectivity index (χ4n) is 4.10. The molecule has 7 heteroatoms. The number of nitrogens with one attached hydrogen (secondary N) is 2. The van der Waals surface area contributed by atoms with Gasteiger partial charge in [0.15, 0.2) is 0 Å². The van der Waals surface area contributed by atoms with E-state index in [2.05, 4.69) is 29.7 Å². The summed E-state index contributed by atoms with van der Waals surface area (Å²) in [6.45, 7) is 2.11. The number of halogens is 1. The van der Waals surface area contributed by atoms with Crippen molar-refractivity contribution >= 4 is 40.9 Å². The van der Waals surface area contributed by atoms with Gasteiger partial charge in [-0.1, -0.05) is 24.3 Å². The zero-order valence-corrected chi connectivity index (χ0v) is 18.2. The second kappa shape index (κ2) is 9.79. The number of pyridine rings is 1. The molecule has 4 rings (SSSR count). The lowest BCUT2D eigenvalue weighted by atomic mass is 9.91. The van der Waals surface area contributed by atoms with E-state index in [4.69, 9.17) is 10.7 Å². The number of fused-ring (bicyclic) bond motifs is 1. The Morgan fingerprint density at radius 3 is 2.35 bits per heavy atom. The molecule has 0 unspecified atom stereocenters. The van der Waals surface area contributed by atoms with Crippen LogP contribution < -0.4 is 16.4 Å². The van der Waals surface area contributed by atoms with Crippen LogP contribution in [0.15, 0.2) is 54.6 Å². The number of rotatable bonds is 5. The van der Waals surface area contributed by atoms with E-state index in [0.29, 0.717) is 17.2 Å². The molecule has 0 radical (unpaired) electrons. The number of hydrogen-bond donors (Lipinski definition) is 3. The van der Waals surface area contributed by atoms with Crippen molar-refractivity contribution in [2.45, 2.75) is 44.7 Å². The van der Waals surface area contributed by atoms with Crippen LogP contribution in [0.25, 0.3) is 10.9 Å². The number of nitrogens with zero attached hydrogens (tertiary/aromatic N) is 1. The highest BCUT2D eigenvalue weighted by atomic mass is 35.5. The Morgan fingerprint density at radius 2 is 1.61 bits per heavy atom. The highest BCUT2D eigenvalue weighted by Gasteiger charge is 2.23. The summed E-state index contributed by atoms with van der Waals surface area (Å²) in [5.74, 6) is 0.206. The largest absolute Gasteiger partial charge is 0.367 e. The number of benzene rings is 2. The van der Waals surface area contributed by atoms with Gasteiger partial charge in [0.25, 0.3) is 5.91 Å². The average Bonchev–Trinajstić information content (AvgIpc) is 2.75. The summed E-state index contributed by atoms with van der Waals surface area (Å²) in [6, 6.07) is 17.2. The zero-order valence-electron chi connectivity index (χ0n) is 17.4. The van der Waals surface area contributed by atoms with Gasteiger partial charge < -0.3 is 16.4 Å². The molecule has 31 heavy (non-hydrogen) atoms. The van der Waals surface area contributed by atoms with E-state index in [-0.39, 0.29) is 24.4 Å². The molecule has 1 saturated carbocycles. The first-order valence-electron chi connectivity index (χ1n) is 10.3. The molecule has 2 amide bonds. The van der Waals surface area contributed by atoms with Gasteiger partial charge in [0, 0.05) is 28.6 Å². The number of nitrogens with two attached hydrogens (primary N) is 1. The van der Waals surface area contributed by atoms with Gasteiger partial charge in [-0.2, -0.15) is 0 Å². The van der Waals surface area contributed by atoms with Gasteiger partial charge >= 0.3 is 0 Å². The minimum Gasteiger partial charge on any atom is -0.367 e. The average molecular weight is 439 g/mol. The molecule has 0 saturated heterocycles. The van der Waals surface area contributed by atoms with Crippen LogP contribution >= 0.6 is 12.4 Å². The van der Waals surface area contributed by atoms with Crippen molar-refractivity contribution < 1.29 is 9.59 Å². The molecule has 4 N–H and O–H groups in total. The molecule has 3 aromatic rings. The molecule has 1 aliphatic rings. The molecule has 6 nitrogen and oxygen atoms in total. The first-order chi connectivity index (χ1) is 14.5. The highest BCUT2D eigenvalue weighted by Crippen LogP contribution is 2.25. The van der Waals surface area contributed by atoms with E-state index < -0.39 is 5.91 Å². The molecular formula is C24H27ClN4O2. The maximum absolute atomic E-state index is 12.5. The second-order valence-electron chi connectivity index (χ2n) is 7.95. The van der Waals surface area contributed by atoms with Crippen molar-refractivity contribution in [3.8, 4) is 0 Å². The zero-order chi connectivity index (χ0) is 21.1. The summed E-state index contributed by atoms with van der Waals surface area (Å²) in [6.07, 6.45) is 3.70. The first-order valence-corrected chi connectivity index (χ1v) is 10.3. The van der Waals surface area contributed by atoms with Crippen molar-refractivity contribution in [1.29, 1.82) is 0 Å². The van der Waals surface area contributed by atoms with Crippen LogP contribution in [0.1, 0.15) is 52.0 Å². The fourth-order valence-corrected chi connectivity index (χ4v) is 4.10. The predicted molar refractivity (Wildman–Crippen MR) is 126 cm³/mol. The molecule has 2 aromatic carbocycles. The lowest BCUT2D eigenvalue weighted by Crippen LogP contribution is -2.40. The molecule has 1 aliphatic carbocycles. The number of carbonyl (C=O) groups is 2. The molecule has 162 valence electrons. The Morgan fingerprint density at radius 1 is 0.935 bits per heavy atom. The summed E-state index contributed by atoms with van der Waals surface area (Å²) in [5, 5.41) is 7.82. The number of carbonyl (C=O) groups excluding carboxylic acids is 2. The van der Waals surface area contributed by atoms with Crippen LogP contribution in [0.3, 0.4) is 0 Å². The minimum atomic E-state index is -0.534. The van der Waals surface area contributed by atoms with Crippen LogP contribution in [0.4, 0.5) is 5.82 Å². The number of hydrogen-bond acceptors (Lipinski definition) is 4. The minimum absolute atomic E-state index is 0. The van der Waals surface area contributed by atoms with Gasteiger partial charge in [0.2, 0.25) is 5.91 Å². The van der Waals surface area contributed by atoms with E-state index in [1.807, 2.05) is 18.2 Å². The summed E-state index contributed by atoms with van der Waals surface area (Å²) in [5.41, 5.74) is 8.31. The summed E-state index contributed by atoms with van der Waals surface area (Å²) >= 11 is 0. The van der Waals surface area contributed by atoms with Crippen LogP contribution in [0.5, 0.6) is 0 Å². The Hall–Kier alpha value is -3.12. The number of para-hydroxylation sites is 1. The Kier molecular flexibility index (Phi) is 7.13. The standard InChI is InChI=1S/C24H26N4O2.ClH/c1-15-13-22(28-21-8-3-2-7-20(15)21)26-18-9-11-19(12-10-18)27-24(30)17-6-4-5-16(14-17)23(25)29;/h2-8,13-14,18-19H,9-12H2,1H3,(H2,25,29)(H,26,28)(H,27,30);1H/t18-,19+;. The van der Waals surface area contributed by atoms with E-state index in [1.54, 1.807) is 24.3 Å². The lowest BCUT2D eigenvalue weighted by Gasteiger charge is -2.30. The normalized spacial score (nSPS) is 18.1. The smallest absolute Gasteiger partial charge is 0.251 e. The van der Waals surface area contributed by atoms with Gasteiger partial charge in [0.1, 0.15) is 5.82 Å². The third-order valence-electron chi connectivity index (χ3n) is 5.75. The maximum atomic E-state index is 12.5. The molecule has 0 aliphatic heterocycles.